The topological polar surface area (TPSA) is 56.0 Å². The van der Waals surface area contributed by atoms with Gasteiger partial charge in [0.05, 0.1) is 12.1 Å². The van der Waals surface area contributed by atoms with E-state index in [4.69, 9.17) is 5.73 Å². The molecule has 0 radical (unpaired) electrons. The molecule has 0 fully saturated rings. The van der Waals surface area contributed by atoms with E-state index in [1.165, 1.54) is 0 Å². The Morgan fingerprint density at radius 3 is 2.86 bits per heavy atom. The predicted molar refractivity (Wildman–Crippen MR) is 55.7 cm³/mol. The first kappa shape index (κ1) is 10.3. The Balaban J connectivity index is 3.10. The number of aryl methyl sites for hydroxylation is 2. The molecule has 3 heteroatoms. The Bertz CT molecular complexity index is 390. The molecule has 0 aliphatic heterocycles. The average molecular weight is 188 g/mol. The molecule has 0 aromatic carbocycles. The van der Waals surface area contributed by atoms with Crippen molar-refractivity contribution in [3.8, 4) is 11.8 Å². The fraction of sp³-hybridized carbons (Fsp3) is 0.273. The van der Waals surface area contributed by atoms with Crippen LogP contribution < -0.4 is 5.73 Å². The minimum atomic E-state index is 0.253. The van der Waals surface area contributed by atoms with Crippen LogP contribution in [0.15, 0.2) is 6.07 Å². The van der Waals surface area contributed by atoms with Crippen LogP contribution in [-0.4, -0.2) is 11.3 Å². The number of hydrogen-bond acceptors (Lipinski definition) is 3. The van der Waals surface area contributed by atoms with E-state index >= 15 is 0 Å². The minimum Gasteiger partial charge on any atom is -0.384 e. The van der Waals surface area contributed by atoms with Crippen molar-refractivity contribution < 1.29 is 4.79 Å². The van der Waals surface area contributed by atoms with Gasteiger partial charge in [0.15, 0.2) is 0 Å². The highest BCUT2D eigenvalue weighted by molar-refractivity contribution is 5.56. The Morgan fingerprint density at radius 1 is 1.57 bits per heavy atom. The van der Waals surface area contributed by atoms with E-state index < -0.39 is 0 Å². The van der Waals surface area contributed by atoms with Crippen LogP contribution in [0.1, 0.15) is 23.2 Å². The number of aldehydes is 1. The summed E-state index contributed by atoms with van der Waals surface area (Å²) in [6, 6.07) is 1.78. The highest BCUT2D eigenvalue weighted by Gasteiger charge is 2.01. The van der Waals surface area contributed by atoms with E-state index in [0.29, 0.717) is 5.82 Å². The Labute approximate surface area is 83.3 Å². The number of hydrogen-bond donors (Lipinski definition) is 1. The zero-order valence-corrected chi connectivity index (χ0v) is 8.29. The second-order valence-electron chi connectivity index (χ2n) is 3.00. The summed E-state index contributed by atoms with van der Waals surface area (Å²) in [7, 11) is 0. The molecule has 1 aromatic heterocycles. The highest BCUT2D eigenvalue weighted by Crippen LogP contribution is 2.12. The fourth-order valence-electron chi connectivity index (χ4n) is 1.23. The summed E-state index contributed by atoms with van der Waals surface area (Å²) in [6.45, 7) is 3.78. The van der Waals surface area contributed by atoms with Gasteiger partial charge in [0.1, 0.15) is 12.1 Å². The molecule has 0 saturated carbocycles. The number of aromatic nitrogens is 1. The lowest BCUT2D eigenvalue weighted by Crippen LogP contribution is -1.97. The molecule has 0 aliphatic carbocycles. The van der Waals surface area contributed by atoms with Crippen molar-refractivity contribution in [1.82, 2.24) is 4.98 Å². The Morgan fingerprint density at radius 2 is 2.29 bits per heavy atom. The van der Waals surface area contributed by atoms with Crippen molar-refractivity contribution in [2.45, 2.75) is 20.3 Å². The summed E-state index contributed by atoms with van der Waals surface area (Å²) in [5.41, 5.74) is 8.23. The smallest absolute Gasteiger partial charge is 0.131 e. The van der Waals surface area contributed by atoms with Crippen molar-refractivity contribution in [2.24, 2.45) is 0 Å². The van der Waals surface area contributed by atoms with E-state index in [9.17, 15) is 4.79 Å². The molecule has 1 heterocycles. The fourth-order valence-corrected chi connectivity index (χ4v) is 1.23. The Hall–Kier alpha value is -1.82. The maximum Gasteiger partial charge on any atom is 0.131 e. The van der Waals surface area contributed by atoms with Crippen molar-refractivity contribution in [3.05, 3.63) is 22.9 Å². The normalized spacial score (nSPS) is 9.00. The van der Waals surface area contributed by atoms with Gasteiger partial charge in [-0.25, -0.2) is 4.98 Å². The molecule has 0 bridgehead atoms. The second kappa shape index (κ2) is 4.43. The average Bonchev–Trinajstić information content (AvgIpc) is 2.09. The van der Waals surface area contributed by atoms with Crippen LogP contribution in [0.25, 0.3) is 0 Å². The van der Waals surface area contributed by atoms with Crippen LogP contribution in [0.5, 0.6) is 0 Å². The standard InChI is InChI=1S/C11H12N2O/c1-8-7-11(12)13-9(2)10(8)5-3-4-6-14/h6-7H,4H2,1-2H3,(H2,12,13). The molecule has 2 N–H and O–H groups in total. The number of nitrogens with two attached hydrogens (primary N) is 1. The lowest BCUT2D eigenvalue weighted by atomic mass is 10.1. The SMILES string of the molecule is Cc1cc(N)nc(C)c1C#CCC=O. The van der Waals surface area contributed by atoms with Crippen LogP contribution in [0, 0.1) is 25.7 Å². The molecule has 14 heavy (non-hydrogen) atoms. The van der Waals surface area contributed by atoms with Gasteiger partial charge in [0.2, 0.25) is 0 Å². The molecule has 0 aliphatic rings. The predicted octanol–water partition coefficient (Wildman–Crippen LogP) is 1.22. The molecule has 0 amide bonds. The number of rotatable bonds is 1. The van der Waals surface area contributed by atoms with Gasteiger partial charge in [-0.05, 0) is 25.5 Å². The first-order chi connectivity index (χ1) is 6.65. The largest absolute Gasteiger partial charge is 0.384 e. The maximum atomic E-state index is 10.1. The van der Waals surface area contributed by atoms with Gasteiger partial charge in [-0.3, -0.25) is 0 Å². The van der Waals surface area contributed by atoms with Gasteiger partial charge in [-0.1, -0.05) is 11.8 Å². The molecule has 0 spiro atoms. The first-order valence-corrected chi connectivity index (χ1v) is 4.31. The maximum absolute atomic E-state index is 10.1. The van der Waals surface area contributed by atoms with Crippen molar-refractivity contribution in [3.63, 3.8) is 0 Å². The number of anilines is 1. The van der Waals surface area contributed by atoms with Gasteiger partial charge in [-0.2, -0.15) is 0 Å². The van der Waals surface area contributed by atoms with E-state index in [-0.39, 0.29) is 6.42 Å². The van der Waals surface area contributed by atoms with E-state index in [1.54, 1.807) is 6.07 Å². The van der Waals surface area contributed by atoms with Crippen LogP contribution in [0.2, 0.25) is 0 Å². The van der Waals surface area contributed by atoms with E-state index in [2.05, 4.69) is 16.8 Å². The summed E-state index contributed by atoms with van der Waals surface area (Å²) < 4.78 is 0. The third kappa shape index (κ3) is 2.33. The molecule has 0 unspecified atom stereocenters. The summed E-state index contributed by atoms with van der Waals surface area (Å²) >= 11 is 0. The number of carbonyl (C=O) groups is 1. The van der Waals surface area contributed by atoms with Gasteiger partial charge in [0.25, 0.3) is 0 Å². The lowest BCUT2D eigenvalue weighted by molar-refractivity contribution is -0.107. The Kier molecular flexibility index (Phi) is 3.24. The van der Waals surface area contributed by atoms with E-state index in [1.807, 2.05) is 13.8 Å². The van der Waals surface area contributed by atoms with Crippen LogP contribution in [0.4, 0.5) is 5.82 Å². The number of carbonyl (C=O) groups excluding carboxylic acids is 1. The van der Waals surface area contributed by atoms with Crippen LogP contribution in [0.3, 0.4) is 0 Å². The number of nitrogen functional groups attached to an aromatic ring is 1. The number of nitrogens with zero attached hydrogens (tertiary/aromatic N) is 1. The first-order valence-electron chi connectivity index (χ1n) is 4.31. The monoisotopic (exact) mass is 188 g/mol. The third-order valence-electron chi connectivity index (χ3n) is 1.82. The molecular formula is C11H12N2O. The van der Waals surface area contributed by atoms with Crippen molar-refractivity contribution >= 4 is 12.1 Å². The highest BCUT2D eigenvalue weighted by atomic mass is 16.1. The summed E-state index contributed by atoms with van der Waals surface area (Å²) in [4.78, 5) is 14.2. The summed E-state index contributed by atoms with van der Waals surface area (Å²) in [5.74, 6) is 6.16. The van der Waals surface area contributed by atoms with Gasteiger partial charge >= 0.3 is 0 Å². The van der Waals surface area contributed by atoms with Crippen LogP contribution >= 0.6 is 0 Å². The molecule has 1 rings (SSSR count). The van der Waals surface area contributed by atoms with Crippen molar-refractivity contribution in [1.29, 1.82) is 0 Å². The molecule has 0 saturated heterocycles. The molecule has 3 nitrogen and oxygen atoms in total. The van der Waals surface area contributed by atoms with Gasteiger partial charge in [0, 0.05) is 5.56 Å². The summed E-state index contributed by atoms with van der Waals surface area (Å²) in [6.07, 6.45) is 1.03. The zero-order chi connectivity index (χ0) is 10.6. The molecular weight excluding hydrogens is 176 g/mol. The van der Waals surface area contributed by atoms with E-state index in [0.717, 1.165) is 23.1 Å². The van der Waals surface area contributed by atoms with Gasteiger partial charge < -0.3 is 10.5 Å². The minimum absolute atomic E-state index is 0.253. The van der Waals surface area contributed by atoms with Gasteiger partial charge in [-0.15, -0.1) is 0 Å². The second-order valence-corrected chi connectivity index (χ2v) is 3.00. The summed E-state index contributed by atoms with van der Waals surface area (Å²) in [5, 5.41) is 0. The quantitative estimate of drug-likeness (QED) is 0.532. The third-order valence-corrected chi connectivity index (χ3v) is 1.82. The molecule has 1 aromatic rings. The van der Waals surface area contributed by atoms with Crippen molar-refractivity contribution in [2.75, 3.05) is 5.73 Å². The number of pyridine rings is 1. The lowest BCUT2D eigenvalue weighted by Gasteiger charge is -2.03. The zero-order valence-electron chi connectivity index (χ0n) is 8.29. The molecule has 72 valence electrons. The molecule has 0 atom stereocenters. The van der Waals surface area contributed by atoms with Crippen LogP contribution in [-0.2, 0) is 4.79 Å².